The number of hydrogen-bond donors (Lipinski definition) is 0. The van der Waals surface area contributed by atoms with Crippen molar-refractivity contribution in [2.75, 3.05) is 32.7 Å². The number of nitrogens with zero attached hydrogens (tertiary/aromatic N) is 5. The summed E-state index contributed by atoms with van der Waals surface area (Å²) in [6.45, 7) is 13.0. The zero-order valence-corrected chi connectivity index (χ0v) is 15.6. The van der Waals surface area contributed by atoms with E-state index in [0.29, 0.717) is 11.5 Å². The quantitative estimate of drug-likeness (QED) is 0.856. The van der Waals surface area contributed by atoms with E-state index in [1.54, 1.807) is 10.9 Å². The second-order valence-electron chi connectivity index (χ2n) is 7.23. The maximum atomic E-state index is 12.7. The normalized spacial score (nSPS) is 15.8. The fourth-order valence-corrected chi connectivity index (χ4v) is 3.33. The summed E-state index contributed by atoms with van der Waals surface area (Å²) in [4.78, 5) is 21.5. The fourth-order valence-electron chi connectivity index (χ4n) is 3.33. The molecule has 6 heteroatoms. The van der Waals surface area contributed by atoms with Gasteiger partial charge in [-0.15, -0.1) is 0 Å². The molecule has 1 saturated heterocycles. The highest BCUT2D eigenvalue weighted by Gasteiger charge is 2.22. The molecule has 6 nitrogen and oxygen atoms in total. The molecule has 0 saturated carbocycles. The lowest BCUT2D eigenvalue weighted by Crippen LogP contribution is -2.49. The predicted molar refractivity (Wildman–Crippen MR) is 98.0 cm³/mol. The number of piperazine rings is 1. The smallest absolute Gasteiger partial charge is 0.255 e. The lowest BCUT2D eigenvalue weighted by Gasteiger charge is -2.35. The molecule has 0 atom stereocenters. The number of pyridine rings is 1. The summed E-state index contributed by atoms with van der Waals surface area (Å²) >= 11 is 0. The zero-order valence-electron chi connectivity index (χ0n) is 15.6. The van der Waals surface area contributed by atoms with Crippen LogP contribution in [0.1, 0.15) is 35.6 Å². The molecule has 0 radical (unpaired) electrons. The molecule has 2 aromatic heterocycles. The van der Waals surface area contributed by atoms with Crippen molar-refractivity contribution in [2.45, 2.75) is 27.7 Å². The van der Waals surface area contributed by atoms with Crippen LogP contribution in [0.25, 0.3) is 5.82 Å². The van der Waals surface area contributed by atoms with Gasteiger partial charge in [-0.3, -0.25) is 9.69 Å². The van der Waals surface area contributed by atoms with Gasteiger partial charge in [0, 0.05) is 44.6 Å². The van der Waals surface area contributed by atoms with E-state index in [2.05, 4.69) is 28.8 Å². The average Bonchev–Trinajstić information content (AvgIpc) is 2.93. The Hall–Kier alpha value is -2.21. The summed E-state index contributed by atoms with van der Waals surface area (Å²) in [5.41, 5.74) is 2.63. The molecule has 0 spiro atoms. The monoisotopic (exact) mass is 341 g/mol. The lowest BCUT2D eigenvalue weighted by molar-refractivity contribution is 0.0623. The van der Waals surface area contributed by atoms with Crippen LogP contribution in [0.5, 0.6) is 0 Å². The van der Waals surface area contributed by atoms with Gasteiger partial charge >= 0.3 is 0 Å². The fraction of sp³-hybridized carbons (Fsp3) is 0.526. The Labute approximate surface area is 149 Å². The van der Waals surface area contributed by atoms with E-state index < -0.39 is 0 Å². The molecular weight excluding hydrogens is 314 g/mol. The van der Waals surface area contributed by atoms with E-state index in [4.69, 9.17) is 0 Å². The summed E-state index contributed by atoms with van der Waals surface area (Å²) in [6.07, 6.45) is 1.66. The molecule has 1 fully saturated rings. The van der Waals surface area contributed by atoms with Gasteiger partial charge in [0.25, 0.3) is 5.91 Å². The molecule has 1 aliphatic heterocycles. The second kappa shape index (κ2) is 7.35. The molecule has 134 valence electrons. The van der Waals surface area contributed by atoms with Gasteiger partial charge in [-0.05, 0) is 38.0 Å². The number of rotatable bonds is 4. The molecule has 0 N–H and O–H groups in total. The van der Waals surface area contributed by atoms with Crippen molar-refractivity contribution in [1.82, 2.24) is 24.6 Å². The Kier molecular flexibility index (Phi) is 5.18. The molecule has 3 rings (SSSR count). The zero-order chi connectivity index (χ0) is 18.0. The van der Waals surface area contributed by atoms with Crippen LogP contribution in [-0.2, 0) is 0 Å². The maximum absolute atomic E-state index is 12.7. The van der Waals surface area contributed by atoms with E-state index in [-0.39, 0.29) is 5.91 Å². The summed E-state index contributed by atoms with van der Waals surface area (Å²) in [5, 5.41) is 4.43. The Morgan fingerprint density at radius 1 is 1.16 bits per heavy atom. The predicted octanol–water partition coefficient (Wildman–Crippen LogP) is 2.30. The van der Waals surface area contributed by atoms with Crippen LogP contribution in [0.3, 0.4) is 0 Å². The summed E-state index contributed by atoms with van der Waals surface area (Å²) in [6, 6.07) is 5.72. The molecular formula is C19H27N5O. The van der Waals surface area contributed by atoms with Crippen LogP contribution in [0, 0.1) is 19.8 Å². The van der Waals surface area contributed by atoms with Crippen LogP contribution >= 0.6 is 0 Å². The van der Waals surface area contributed by atoms with Crippen molar-refractivity contribution in [1.29, 1.82) is 0 Å². The molecule has 25 heavy (non-hydrogen) atoms. The first-order valence-corrected chi connectivity index (χ1v) is 8.95. The van der Waals surface area contributed by atoms with Crippen molar-refractivity contribution in [3.8, 4) is 5.82 Å². The number of carbonyl (C=O) groups excluding carboxylic acids is 1. The first-order valence-electron chi connectivity index (χ1n) is 8.95. The van der Waals surface area contributed by atoms with Crippen molar-refractivity contribution in [3.63, 3.8) is 0 Å². The SMILES string of the molecule is Cc1cc(C)n(-c2ccc(C(=O)N3CCN(CC(C)C)CC3)cn2)n1. The standard InChI is InChI=1S/C19H27N5O/c1-14(2)13-22-7-9-23(10-8-22)19(25)17-5-6-18(20-12-17)24-16(4)11-15(3)21-24/h5-6,11-12,14H,7-10,13H2,1-4H3. The van der Waals surface area contributed by atoms with Crippen molar-refractivity contribution in [3.05, 3.63) is 41.3 Å². The van der Waals surface area contributed by atoms with Gasteiger partial charge < -0.3 is 4.90 Å². The molecule has 0 bridgehead atoms. The third kappa shape index (κ3) is 4.07. The lowest BCUT2D eigenvalue weighted by atomic mass is 10.1. The van der Waals surface area contributed by atoms with Crippen molar-refractivity contribution >= 4 is 5.91 Å². The highest BCUT2D eigenvalue weighted by atomic mass is 16.2. The minimum atomic E-state index is 0.0663. The van der Waals surface area contributed by atoms with Crippen LogP contribution < -0.4 is 0 Å². The number of hydrogen-bond acceptors (Lipinski definition) is 4. The highest BCUT2D eigenvalue weighted by Crippen LogP contribution is 2.13. The maximum Gasteiger partial charge on any atom is 0.255 e. The van der Waals surface area contributed by atoms with Gasteiger partial charge in [-0.2, -0.15) is 5.10 Å². The van der Waals surface area contributed by atoms with E-state index in [1.807, 2.05) is 36.9 Å². The Morgan fingerprint density at radius 3 is 2.40 bits per heavy atom. The molecule has 2 aromatic rings. The van der Waals surface area contributed by atoms with Crippen LogP contribution in [0.4, 0.5) is 0 Å². The van der Waals surface area contributed by atoms with Crippen molar-refractivity contribution < 1.29 is 4.79 Å². The molecule has 1 amide bonds. The number of aromatic nitrogens is 3. The molecule has 1 aliphatic rings. The van der Waals surface area contributed by atoms with Crippen molar-refractivity contribution in [2.24, 2.45) is 5.92 Å². The number of amides is 1. The van der Waals surface area contributed by atoms with Gasteiger partial charge in [-0.1, -0.05) is 13.8 Å². The van der Waals surface area contributed by atoms with Gasteiger partial charge in [0.05, 0.1) is 11.3 Å². The van der Waals surface area contributed by atoms with Crippen LogP contribution in [0.2, 0.25) is 0 Å². The van der Waals surface area contributed by atoms with E-state index in [0.717, 1.165) is 49.9 Å². The first kappa shape index (κ1) is 17.6. The van der Waals surface area contributed by atoms with E-state index >= 15 is 0 Å². The number of carbonyl (C=O) groups is 1. The molecule has 0 unspecified atom stereocenters. The van der Waals surface area contributed by atoms with Gasteiger partial charge in [0.1, 0.15) is 0 Å². The van der Waals surface area contributed by atoms with Gasteiger partial charge in [-0.25, -0.2) is 9.67 Å². The van der Waals surface area contributed by atoms with Crippen LogP contribution in [0.15, 0.2) is 24.4 Å². The molecule has 0 aliphatic carbocycles. The van der Waals surface area contributed by atoms with Gasteiger partial charge in [0.15, 0.2) is 5.82 Å². The largest absolute Gasteiger partial charge is 0.336 e. The van der Waals surface area contributed by atoms with Crippen LogP contribution in [-0.4, -0.2) is 63.2 Å². The Morgan fingerprint density at radius 2 is 1.88 bits per heavy atom. The minimum absolute atomic E-state index is 0.0663. The number of aryl methyl sites for hydroxylation is 2. The van der Waals surface area contributed by atoms with Gasteiger partial charge in [0.2, 0.25) is 0 Å². The third-order valence-electron chi connectivity index (χ3n) is 4.50. The second-order valence-corrected chi connectivity index (χ2v) is 7.23. The third-order valence-corrected chi connectivity index (χ3v) is 4.50. The average molecular weight is 341 g/mol. The summed E-state index contributed by atoms with van der Waals surface area (Å²) in [5.74, 6) is 1.47. The highest BCUT2D eigenvalue weighted by molar-refractivity contribution is 5.94. The summed E-state index contributed by atoms with van der Waals surface area (Å²) in [7, 11) is 0. The minimum Gasteiger partial charge on any atom is -0.336 e. The Balaban J connectivity index is 1.65. The molecule has 0 aromatic carbocycles. The Bertz CT molecular complexity index is 727. The van der Waals surface area contributed by atoms with E-state index in [1.165, 1.54) is 0 Å². The molecule has 3 heterocycles. The first-order chi connectivity index (χ1) is 11.9. The topological polar surface area (TPSA) is 54.3 Å². The van der Waals surface area contributed by atoms with E-state index in [9.17, 15) is 4.79 Å². The summed E-state index contributed by atoms with van der Waals surface area (Å²) < 4.78 is 1.80.